The van der Waals surface area contributed by atoms with Gasteiger partial charge in [0, 0.05) is 18.5 Å². The van der Waals surface area contributed by atoms with Crippen molar-refractivity contribution in [1.82, 2.24) is 4.90 Å². The van der Waals surface area contributed by atoms with E-state index in [4.69, 9.17) is 21.8 Å². The van der Waals surface area contributed by atoms with E-state index in [-0.39, 0.29) is 17.8 Å². The SMILES string of the molecule is CCN1C(=O)/C(=C2/C(=O)Cc3ccccc32)SC1=S.O=C=O. The largest absolute Gasteiger partial charge is 0.373 e. The molecular formula is C15H11NO4S2. The summed E-state index contributed by atoms with van der Waals surface area (Å²) in [6.45, 7) is 2.42. The first-order chi connectivity index (χ1) is 10.5. The van der Waals surface area contributed by atoms with Crippen molar-refractivity contribution in [3.8, 4) is 0 Å². The maximum atomic E-state index is 12.3. The van der Waals surface area contributed by atoms with E-state index in [0.717, 1.165) is 11.1 Å². The summed E-state index contributed by atoms with van der Waals surface area (Å²) in [5.74, 6) is -0.129. The summed E-state index contributed by atoms with van der Waals surface area (Å²) in [6.07, 6.45) is 0.627. The summed E-state index contributed by atoms with van der Waals surface area (Å²) >= 11 is 6.43. The molecule has 22 heavy (non-hydrogen) atoms. The number of amides is 1. The Labute approximate surface area is 136 Å². The first kappa shape index (κ1) is 16.3. The molecule has 112 valence electrons. The van der Waals surface area contributed by atoms with Gasteiger partial charge in [0.05, 0.1) is 4.91 Å². The standard InChI is InChI=1S/C14H11NO2S2.CO2/c1-2-15-13(17)12(19-14(15)18)11-9-6-4-3-5-8(9)7-10(11)16;2-1-3/h3-6H,2,7H2,1H3;/b12-11-;. The second-order valence-corrected chi connectivity index (χ2v) is 6.11. The Morgan fingerprint density at radius 1 is 1.27 bits per heavy atom. The number of benzene rings is 1. The minimum absolute atomic E-state index is 0.0119. The molecule has 0 radical (unpaired) electrons. The summed E-state index contributed by atoms with van der Waals surface area (Å²) in [7, 11) is 0. The Morgan fingerprint density at radius 2 is 1.91 bits per heavy atom. The fraction of sp³-hybridized carbons (Fsp3) is 0.200. The van der Waals surface area contributed by atoms with Crippen LogP contribution in [0.25, 0.3) is 5.57 Å². The van der Waals surface area contributed by atoms with Crippen LogP contribution in [0.2, 0.25) is 0 Å². The number of thioether (sulfide) groups is 1. The van der Waals surface area contributed by atoms with Gasteiger partial charge in [-0.15, -0.1) is 0 Å². The van der Waals surface area contributed by atoms with E-state index in [0.29, 0.717) is 27.8 Å². The molecule has 3 rings (SSSR count). The summed E-state index contributed by atoms with van der Waals surface area (Å²) in [5, 5.41) is 0. The van der Waals surface area contributed by atoms with Crippen LogP contribution in [0, 0.1) is 0 Å². The van der Waals surface area contributed by atoms with E-state index >= 15 is 0 Å². The van der Waals surface area contributed by atoms with Gasteiger partial charge in [0.2, 0.25) is 0 Å². The van der Waals surface area contributed by atoms with Crippen LogP contribution in [-0.4, -0.2) is 33.6 Å². The number of Topliss-reactive ketones (excluding diaryl/α,β-unsaturated/α-hetero) is 1. The van der Waals surface area contributed by atoms with Crippen LogP contribution in [0.15, 0.2) is 29.2 Å². The molecule has 0 bridgehead atoms. The molecule has 1 aromatic carbocycles. The highest BCUT2D eigenvalue weighted by atomic mass is 32.2. The number of carbonyl (C=O) groups excluding carboxylic acids is 4. The molecule has 5 nitrogen and oxygen atoms in total. The van der Waals surface area contributed by atoms with Crippen molar-refractivity contribution in [2.45, 2.75) is 13.3 Å². The Hall–Kier alpha value is -2.08. The van der Waals surface area contributed by atoms with Crippen LogP contribution in [0.5, 0.6) is 0 Å². The number of carbonyl (C=O) groups is 2. The third-order valence-electron chi connectivity index (χ3n) is 3.31. The number of nitrogens with zero attached hydrogens (tertiary/aromatic N) is 1. The average Bonchev–Trinajstić information content (AvgIpc) is 2.95. The summed E-state index contributed by atoms with van der Waals surface area (Å²) in [6, 6.07) is 7.62. The van der Waals surface area contributed by atoms with Crippen molar-refractivity contribution in [3.05, 3.63) is 40.3 Å². The lowest BCUT2D eigenvalue weighted by molar-refractivity contribution is -0.191. The second-order valence-electron chi connectivity index (χ2n) is 4.46. The zero-order valence-electron chi connectivity index (χ0n) is 11.6. The van der Waals surface area contributed by atoms with Gasteiger partial charge in [-0.3, -0.25) is 14.5 Å². The van der Waals surface area contributed by atoms with E-state index in [1.54, 1.807) is 0 Å². The first-order valence-electron chi connectivity index (χ1n) is 6.43. The molecule has 0 spiro atoms. The lowest BCUT2D eigenvalue weighted by atomic mass is 10.1. The van der Waals surface area contributed by atoms with Gasteiger partial charge in [0.15, 0.2) is 5.78 Å². The van der Waals surface area contributed by atoms with Gasteiger partial charge in [-0.05, 0) is 18.1 Å². The van der Waals surface area contributed by atoms with E-state index in [1.165, 1.54) is 16.7 Å². The van der Waals surface area contributed by atoms with Crippen molar-refractivity contribution in [3.63, 3.8) is 0 Å². The van der Waals surface area contributed by atoms with E-state index in [2.05, 4.69) is 0 Å². The van der Waals surface area contributed by atoms with Gasteiger partial charge in [-0.2, -0.15) is 9.59 Å². The molecule has 0 unspecified atom stereocenters. The number of hydrogen-bond acceptors (Lipinski definition) is 6. The molecule has 1 saturated heterocycles. The minimum atomic E-state index is -0.141. The van der Waals surface area contributed by atoms with Crippen molar-refractivity contribution < 1.29 is 19.2 Å². The van der Waals surface area contributed by atoms with Crippen molar-refractivity contribution in [2.75, 3.05) is 6.54 Å². The smallest absolute Gasteiger partial charge is 0.294 e. The van der Waals surface area contributed by atoms with Crippen molar-refractivity contribution >= 4 is 51.7 Å². The normalized spacial score (nSPS) is 19.7. The molecule has 0 saturated carbocycles. The molecule has 1 fully saturated rings. The molecular weight excluding hydrogens is 322 g/mol. The Morgan fingerprint density at radius 3 is 2.50 bits per heavy atom. The molecule has 7 heteroatoms. The van der Waals surface area contributed by atoms with Crippen LogP contribution < -0.4 is 0 Å². The zero-order valence-corrected chi connectivity index (χ0v) is 13.3. The summed E-state index contributed by atoms with van der Waals surface area (Å²) in [4.78, 5) is 42.8. The van der Waals surface area contributed by atoms with Gasteiger partial charge in [0.1, 0.15) is 4.32 Å². The maximum Gasteiger partial charge on any atom is 0.373 e. The number of ketones is 1. The number of likely N-dealkylation sites (N-methyl/N-ethyl adjacent to an activating group) is 1. The van der Waals surface area contributed by atoms with Gasteiger partial charge < -0.3 is 0 Å². The number of fused-ring (bicyclic) bond motifs is 1. The predicted octanol–water partition coefficient (Wildman–Crippen LogP) is 1.82. The molecule has 0 aromatic heterocycles. The molecule has 0 atom stereocenters. The second kappa shape index (κ2) is 6.79. The van der Waals surface area contributed by atoms with Crippen LogP contribution in [0.1, 0.15) is 18.1 Å². The number of hydrogen-bond donors (Lipinski definition) is 0. The van der Waals surface area contributed by atoms with Crippen LogP contribution in [-0.2, 0) is 25.6 Å². The molecule has 1 amide bonds. The number of rotatable bonds is 1. The summed E-state index contributed by atoms with van der Waals surface area (Å²) in [5.41, 5.74) is 2.41. The van der Waals surface area contributed by atoms with Crippen LogP contribution in [0.3, 0.4) is 0 Å². The highest BCUT2D eigenvalue weighted by molar-refractivity contribution is 8.26. The average molecular weight is 333 g/mol. The molecule has 0 N–H and O–H groups in total. The maximum absolute atomic E-state index is 12.3. The number of allylic oxidation sites excluding steroid dienone is 1. The van der Waals surface area contributed by atoms with E-state index in [1.807, 2.05) is 31.2 Å². The molecule has 1 aromatic rings. The lowest BCUT2D eigenvalue weighted by Gasteiger charge is -2.10. The van der Waals surface area contributed by atoms with Gasteiger partial charge in [0.25, 0.3) is 5.91 Å². The van der Waals surface area contributed by atoms with Gasteiger partial charge in [-0.25, -0.2) is 0 Å². The Bertz CT molecular complexity index is 733. The quantitative estimate of drug-likeness (QED) is 0.577. The fourth-order valence-corrected chi connectivity index (χ4v) is 3.88. The first-order valence-corrected chi connectivity index (χ1v) is 7.66. The van der Waals surface area contributed by atoms with Crippen LogP contribution in [0.4, 0.5) is 0 Å². The molecule has 1 aliphatic carbocycles. The van der Waals surface area contributed by atoms with E-state index in [9.17, 15) is 9.59 Å². The molecule has 1 aliphatic heterocycles. The fourth-order valence-electron chi connectivity index (χ4n) is 2.40. The molecule has 2 aliphatic rings. The van der Waals surface area contributed by atoms with E-state index < -0.39 is 0 Å². The Kier molecular flexibility index (Phi) is 5.03. The lowest BCUT2D eigenvalue weighted by Crippen LogP contribution is -2.27. The van der Waals surface area contributed by atoms with Gasteiger partial charge >= 0.3 is 6.15 Å². The highest BCUT2D eigenvalue weighted by Crippen LogP contribution is 2.41. The topological polar surface area (TPSA) is 71.5 Å². The third kappa shape index (κ3) is 2.78. The Balaban J connectivity index is 0.000000545. The summed E-state index contributed by atoms with van der Waals surface area (Å²) < 4.78 is 0.534. The minimum Gasteiger partial charge on any atom is -0.294 e. The van der Waals surface area contributed by atoms with Crippen molar-refractivity contribution in [1.29, 1.82) is 0 Å². The number of thiocarbonyl (C=S) groups is 1. The third-order valence-corrected chi connectivity index (χ3v) is 4.76. The molecule has 1 heterocycles. The predicted molar refractivity (Wildman–Crippen MR) is 84.7 cm³/mol. The zero-order chi connectivity index (χ0) is 16.3. The van der Waals surface area contributed by atoms with Crippen LogP contribution >= 0.6 is 24.0 Å². The monoisotopic (exact) mass is 333 g/mol. The van der Waals surface area contributed by atoms with Gasteiger partial charge in [-0.1, -0.05) is 48.2 Å². The highest BCUT2D eigenvalue weighted by Gasteiger charge is 2.38. The van der Waals surface area contributed by atoms with Crippen molar-refractivity contribution in [2.24, 2.45) is 0 Å².